The van der Waals surface area contributed by atoms with Gasteiger partial charge in [0.15, 0.2) is 0 Å². The molecule has 0 saturated carbocycles. The maximum Gasteiger partial charge on any atom is 0.244 e. The van der Waals surface area contributed by atoms with E-state index < -0.39 is 0 Å². The van der Waals surface area contributed by atoms with Gasteiger partial charge < -0.3 is 4.90 Å². The van der Waals surface area contributed by atoms with Crippen molar-refractivity contribution in [3.8, 4) is 0 Å². The Bertz CT molecular complexity index is 416. The summed E-state index contributed by atoms with van der Waals surface area (Å²) in [5, 5.41) is 4.20. The third-order valence-corrected chi connectivity index (χ3v) is 4.23. The van der Waals surface area contributed by atoms with Crippen LogP contribution in [0.4, 0.5) is 0 Å². The van der Waals surface area contributed by atoms with E-state index in [4.69, 9.17) is 0 Å². The van der Waals surface area contributed by atoms with Gasteiger partial charge in [-0.1, -0.05) is 0 Å². The number of halogens is 1. The highest BCUT2D eigenvalue weighted by Gasteiger charge is 2.23. The zero-order valence-electron chi connectivity index (χ0n) is 10.3. The van der Waals surface area contributed by atoms with E-state index in [0.717, 1.165) is 29.6 Å². The van der Waals surface area contributed by atoms with Crippen LogP contribution >= 0.6 is 15.9 Å². The van der Waals surface area contributed by atoms with E-state index in [-0.39, 0.29) is 5.91 Å². The number of hydrogen-bond acceptors (Lipinski definition) is 2. The van der Waals surface area contributed by atoms with Gasteiger partial charge in [-0.05, 0) is 49.0 Å². The summed E-state index contributed by atoms with van der Waals surface area (Å²) in [4.78, 5) is 14.2. The summed E-state index contributed by atoms with van der Waals surface area (Å²) in [6, 6.07) is 0.371. The van der Waals surface area contributed by atoms with Gasteiger partial charge in [-0.2, -0.15) is 5.10 Å². The molecular formula is C12H18BrN3O. The molecule has 1 saturated heterocycles. The van der Waals surface area contributed by atoms with E-state index in [1.807, 2.05) is 11.8 Å². The van der Waals surface area contributed by atoms with Crippen molar-refractivity contribution in [1.29, 1.82) is 0 Å². The first-order chi connectivity index (χ1) is 8.09. The molecule has 1 atom stereocenters. The molecule has 1 fully saturated rings. The molecule has 5 heteroatoms. The average molecular weight is 300 g/mol. The van der Waals surface area contributed by atoms with Crippen LogP contribution in [-0.2, 0) is 11.3 Å². The van der Waals surface area contributed by atoms with Gasteiger partial charge in [0.25, 0.3) is 0 Å². The van der Waals surface area contributed by atoms with Crippen molar-refractivity contribution in [2.75, 3.05) is 6.54 Å². The highest BCUT2D eigenvalue weighted by atomic mass is 79.9. The summed E-state index contributed by atoms with van der Waals surface area (Å²) in [5.74, 6) is 0.177. The van der Waals surface area contributed by atoms with Crippen molar-refractivity contribution >= 4 is 21.8 Å². The Morgan fingerprint density at radius 1 is 1.59 bits per heavy atom. The Morgan fingerprint density at radius 3 is 2.94 bits per heavy atom. The fourth-order valence-electron chi connectivity index (χ4n) is 2.27. The number of piperidine rings is 1. The van der Waals surface area contributed by atoms with Crippen LogP contribution in [0.15, 0.2) is 10.7 Å². The Labute approximate surface area is 110 Å². The van der Waals surface area contributed by atoms with Crippen molar-refractivity contribution in [3.63, 3.8) is 0 Å². The van der Waals surface area contributed by atoms with E-state index >= 15 is 0 Å². The zero-order valence-corrected chi connectivity index (χ0v) is 11.9. The van der Waals surface area contributed by atoms with Gasteiger partial charge in [0, 0.05) is 12.6 Å². The van der Waals surface area contributed by atoms with Crippen LogP contribution in [0.3, 0.4) is 0 Å². The molecule has 1 aliphatic rings. The van der Waals surface area contributed by atoms with Gasteiger partial charge >= 0.3 is 0 Å². The Balaban J connectivity index is 2.03. The molecule has 2 heterocycles. The summed E-state index contributed by atoms with van der Waals surface area (Å²) in [5.41, 5.74) is 1.00. The lowest BCUT2D eigenvalue weighted by Crippen LogP contribution is -2.43. The van der Waals surface area contributed by atoms with E-state index in [9.17, 15) is 4.79 Å². The Kier molecular flexibility index (Phi) is 3.86. The van der Waals surface area contributed by atoms with Crippen molar-refractivity contribution < 1.29 is 4.79 Å². The molecule has 0 radical (unpaired) electrons. The lowest BCUT2D eigenvalue weighted by molar-refractivity contribution is -0.135. The Morgan fingerprint density at radius 2 is 2.35 bits per heavy atom. The van der Waals surface area contributed by atoms with Crippen LogP contribution in [0.2, 0.25) is 0 Å². The highest BCUT2D eigenvalue weighted by Crippen LogP contribution is 2.18. The summed E-state index contributed by atoms with van der Waals surface area (Å²) in [6.45, 7) is 5.33. The molecule has 1 amide bonds. The van der Waals surface area contributed by atoms with Crippen LogP contribution in [0, 0.1) is 6.92 Å². The molecule has 17 heavy (non-hydrogen) atoms. The molecule has 1 aromatic heterocycles. The van der Waals surface area contributed by atoms with Gasteiger partial charge in [0.1, 0.15) is 6.54 Å². The monoisotopic (exact) mass is 299 g/mol. The van der Waals surface area contributed by atoms with Gasteiger partial charge in [-0.3, -0.25) is 9.48 Å². The predicted octanol–water partition coefficient (Wildman–Crippen LogP) is 2.36. The molecular weight excluding hydrogens is 282 g/mol. The molecule has 2 rings (SSSR count). The van der Waals surface area contributed by atoms with Crippen LogP contribution in [0.25, 0.3) is 0 Å². The van der Waals surface area contributed by atoms with Crippen LogP contribution < -0.4 is 0 Å². The Hall–Kier alpha value is -0.840. The third-order valence-electron chi connectivity index (χ3n) is 3.45. The topological polar surface area (TPSA) is 38.1 Å². The molecule has 0 aliphatic carbocycles. The quantitative estimate of drug-likeness (QED) is 0.841. The third kappa shape index (κ3) is 2.70. The minimum atomic E-state index is 0.177. The summed E-state index contributed by atoms with van der Waals surface area (Å²) < 4.78 is 2.71. The molecule has 1 aromatic rings. The number of rotatable bonds is 2. The van der Waals surface area contributed by atoms with Crippen LogP contribution in [0.1, 0.15) is 31.9 Å². The fourth-order valence-corrected chi connectivity index (χ4v) is 2.57. The van der Waals surface area contributed by atoms with Crippen molar-refractivity contribution in [1.82, 2.24) is 14.7 Å². The number of carbonyl (C=O) groups is 1. The smallest absolute Gasteiger partial charge is 0.244 e. The van der Waals surface area contributed by atoms with Gasteiger partial charge in [-0.25, -0.2) is 0 Å². The van der Waals surface area contributed by atoms with Crippen LogP contribution in [0.5, 0.6) is 0 Å². The maximum atomic E-state index is 12.2. The normalized spacial score (nSPS) is 20.6. The van der Waals surface area contributed by atoms with Gasteiger partial charge in [-0.15, -0.1) is 0 Å². The van der Waals surface area contributed by atoms with Crippen molar-refractivity contribution in [2.24, 2.45) is 0 Å². The number of amides is 1. The van der Waals surface area contributed by atoms with Crippen molar-refractivity contribution in [2.45, 2.75) is 45.7 Å². The molecule has 0 unspecified atom stereocenters. The minimum absolute atomic E-state index is 0.177. The van der Waals surface area contributed by atoms with E-state index in [2.05, 4.69) is 28.0 Å². The summed E-state index contributed by atoms with van der Waals surface area (Å²) in [7, 11) is 0. The molecule has 0 aromatic carbocycles. The average Bonchev–Trinajstić information content (AvgIpc) is 2.61. The second-order valence-corrected chi connectivity index (χ2v) is 5.52. The van der Waals surface area contributed by atoms with E-state index in [1.54, 1.807) is 10.9 Å². The molecule has 94 valence electrons. The first-order valence-corrected chi connectivity index (χ1v) is 6.86. The van der Waals surface area contributed by atoms with Crippen LogP contribution in [-0.4, -0.2) is 33.2 Å². The first kappa shape index (κ1) is 12.6. The molecule has 4 nitrogen and oxygen atoms in total. The summed E-state index contributed by atoms with van der Waals surface area (Å²) >= 11 is 3.41. The predicted molar refractivity (Wildman–Crippen MR) is 69.7 cm³/mol. The lowest BCUT2D eigenvalue weighted by atomic mass is 10.0. The standard InChI is InChI=1S/C12H18BrN3O/c1-9-5-3-4-6-15(9)12(17)8-16-10(2)11(13)7-14-16/h7,9H,3-6,8H2,1-2H3/t9-/m1/s1. The first-order valence-electron chi connectivity index (χ1n) is 6.07. The molecule has 1 aliphatic heterocycles. The second-order valence-electron chi connectivity index (χ2n) is 4.67. The lowest BCUT2D eigenvalue weighted by Gasteiger charge is -2.33. The maximum absolute atomic E-state index is 12.2. The van der Waals surface area contributed by atoms with E-state index in [0.29, 0.717) is 12.6 Å². The molecule has 0 spiro atoms. The second kappa shape index (κ2) is 5.21. The highest BCUT2D eigenvalue weighted by molar-refractivity contribution is 9.10. The van der Waals surface area contributed by atoms with Crippen molar-refractivity contribution in [3.05, 3.63) is 16.4 Å². The number of nitrogens with zero attached hydrogens (tertiary/aromatic N) is 3. The number of aromatic nitrogens is 2. The minimum Gasteiger partial charge on any atom is -0.338 e. The number of hydrogen-bond donors (Lipinski definition) is 0. The SMILES string of the molecule is Cc1c(Br)cnn1CC(=O)N1CCCC[C@H]1C. The zero-order chi connectivity index (χ0) is 12.4. The molecule has 0 bridgehead atoms. The number of carbonyl (C=O) groups excluding carboxylic acids is 1. The van der Waals surface area contributed by atoms with Gasteiger partial charge in [0.05, 0.1) is 16.4 Å². The summed E-state index contributed by atoms with van der Waals surface area (Å²) in [6.07, 6.45) is 5.21. The number of likely N-dealkylation sites (tertiary alicyclic amines) is 1. The van der Waals surface area contributed by atoms with Gasteiger partial charge in [0.2, 0.25) is 5.91 Å². The largest absolute Gasteiger partial charge is 0.338 e. The fraction of sp³-hybridized carbons (Fsp3) is 0.667. The van der Waals surface area contributed by atoms with E-state index in [1.165, 1.54) is 6.42 Å². The molecule has 0 N–H and O–H groups in total.